The van der Waals surface area contributed by atoms with Gasteiger partial charge in [0.25, 0.3) is 0 Å². The number of ether oxygens (including phenoxy) is 1. The average molecular weight is 193 g/mol. The minimum Gasteiger partial charge on any atom is -0.383 e. The molecule has 0 fully saturated rings. The van der Waals surface area contributed by atoms with Gasteiger partial charge in [0.05, 0.1) is 6.61 Å². The van der Waals surface area contributed by atoms with Crippen LogP contribution in [0.1, 0.15) is 18.1 Å². The van der Waals surface area contributed by atoms with Crippen molar-refractivity contribution < 1.29 is 4.74 Å². The molecule has 0 atom stereocenters. The molecule has 0 saturated heterocycles. The van der Waals surface area contributed by atoms with Crippen LogP contribution in [0.4, 0.5) is 0 Å². The van der Waals surface area contributed by atoms with Crippen LogP contribution in [0.5, 0.6) is 0 Å². The van der Waals surface area contributed by atoms with Crippen LogP contribution in [-0.4, -0.2) is 20.3 Å². The highest BCUT2D eigenvalue weighted by Crippen LogP contribution is 2.08. The Morgan fingerprint density at radius 2 is 1.93 bits per heavy atom. The SMILES string of the molecule is CCc1ccccc1CNCCOC. The van der Waals surface area contributed by atoms with Crippen molar-refractivity contribution in [2.75, 3.05) is 20.3 Å². The van der Waals surface area contributed by atoms with Crippen molar-refractivity contribution in [2.45, 2.75) is 19.9 Å². The molecule has 1 rings (SSSR count). The van der Waals surface area contributed by atoms with E-state index in [2.05, 4.69) is 36.5 Å². The quantitative estimate of drug-likeness (QED) is 0.698. The Labute approximate surface area is 86.3 Å². The maximum Gasteiger partial charge on any atom is 0.0587 e. The van der Waals surface area contributed by atoms with Gasteiger partial charge in [-0.15, -0.1) is 0 Å². The maximum atomic E-state index is 4.97. The number of methoxy groups -OCH3 is 1. The van der Waals surface area contributed by atoms with E-state index in [1.165, 1.54) is 11.1 Å². The summed E-state index contributed by atoms with van der Waals surface area (Å²) in [4.78, 5) is 0. The summed E-state index contributed by atoms with van der Waals surface area (Å²) in [6.07, 6.45) is 1.10. The second-order valence-electron chi connectivity index (χ2n) is 3.29. The monoisotopic (exact) mass is 193 g/mol. The van der Waals surface area contributed by atoms with Crippen molar-refractivity contribution in [3.05, 3.63) is 35.4 Å². The molecule has 78 valence electrons. The fourth-order valence-corrected chi connectivity index (χ4v) is 1.47. The molecule has 1 aromatic carbocycles. The molecule has 14 heavy (non-hydrogen) atoms. The summed E-state index contributed by atoms with van der Waals surface area (Å²) >= 11 is 0. The average Bonchev–Trinajstić information content (AvgIpc) is 2.25. The largest absolute Gasteiger partial charge is 0.383 e. The van der Waals surface area contributed by atoms with Crippen molar-refractivity contribution in [3.8, 4) is 0 Å². The second kappa shape index (κ2) is 6.57. The smallest absolute Gasteiger partial charge is 0.0587 e. The van der Waals surface area contributed by atoms with Crippen LogP contribution in [0.3, 0.4) is 0 Å². The Bertz CT molecular complexity index is 260. The van der Waals surface area contributed by atoms with Gasteiger partial charge in [-0.05, 0) is 17.5 Å². The van der Waals surface area contributed by atoms with E-state index in [-0.39, 0.29) is 0 Å². The first-order valence-electron chi connectivity index (χ1n) is 5.15. The summed E-state index contributed by atoms with van der Waals surface area (Å²) in [6, 6.07) is 8.55. The number of hydrogen-bond donors (Lipinski definition) is 1. The highest BCUT2D eigenvalue weighted by molar-refractivity contribution is 5.26. The first-order valence-corrected chi connectivity index (χ1v) is 5.15. The zero-order chi connectivity index (χ0) is 10.2. The zero-order valence-corrected chi connectivity index (χ0v) is 9.05. The molecule has 0 aliphatic heterocycles. The van der Waals surface area contributed by atoms with Gasteiger partial charge < -0.3 is 10.1 Å². The second-order valence-corrected chi connectivity index (χ2v) is 3.29. The van der Waals surface area contributed by atoms with E-state index in [0.717, 1.165) is 26.1 Å². The van der Waals surface area contributed by atoms with Gasteiger partial charge in [0, 0.05) is 20.2 Å². The third kappa shape index (κ3) is 3.48. The molecule has 0 heterocycles. The fraction of sp³-hybridized carbons (Fsp3) is 0.500. The lowest BCUT2D eigenvalue weighted by Crippen LogP contribution is -2.19. The topological polar surface area (TPSA) is 21.3 Å². The van der Waals surface area contributed by atoms with Crippen LogP contribution in [0.2, 0.25) is 0 Å². The predicted octanol–water partition coefficient (Wildman–Crippen LogP) is 1.99. The summed E-state index contributed by atoms with van der Waals surface area (Å²) in [6.45, 7) is 4.81. The Kier molecular flexibility index (Phi) is 5.27. The van der Waals surface area contributed by atoms with E-state index >= 15 is 0 Å². The lowest BCUT2D eigenvalue weighted by molar-refractivity contribution is 0.199. The molecule has 2 nitrogen and oxygen atoms in total. The summed E-state index contributed by atoms with van der Waals surface area (Å²) in [5.41, 5.74) is 2.82. The van der Waals surface area contributed by atoms with E-state index in [4.69, 9.17) is 4.74 Å². The van der Waals surface area contributed by atoms with Gasteiger partial charge in [-0.2, -0.15) is 0 Å². The van der Waals surface area contributed by atoms with Gasteiger partial charge in [-0.3, -0.25) is 0 Å². The van der Waals surface area contributed by atoms with Crippen LogP contribution >= 0.6 is 0 Å². The Balaban J connectivity index is 2.41. The molecule has 1 aromatic rings. The summed E-state index contributed by atoms with van der Waals surface area (Å²) < 4.78 is 4.97. The van der Waals surface area contributed by atoms with Crippen molar-refractivity contribution in [1.82, 2.24) is 5.32 Å². The van der Waals surface area contributed by atoms with Crippen LogP contribution < -0.4 is 5.32 Å². The molecule has 0 aromatic heterocycles. The molecule has 0 unspecified atom stereocenters. The van der Waals surface area contributed by atoms with E-state index in [1.54, 1.807) is 7.11 Å². The predicted molar refractivity (Wildman–Crippen MR) is 59.4 cm³/mol. The first kappa shape index (κ1) is 11.2. The molecule has 0 spiro atoms. The molecule has 2 heteroatoms. The molecule has 1 N–H and O–H groups in total. The molecule has 0 saturated carbocycles. The van der Waals surface area contributed by atoms with Crippen LogP contribution in [0, 0.1) is 0 Å². The van der Waals surface area contributed by atoms with Crippen LogP contribution in [0.15, 0.2) is 24.3 Å². The van der Waals surface area contributed by atoms with E-state index in [1.807, 2.05) is 0 Å². The van der Waals surface area contributed by atoms with Crippen LogP contribution in [-0.2, 0) is 17.7 Å². The number of benzene rings is 1. The maximum absolute atomic E-state index is 4.97. The van der Waals surface area contributed by atoms with E-state index < -0.39 is 0 Å². The van der Waals surface area contributed by atoms with Crippen LogP contribution in [0.25, 0.3) is 0 Å². The zero-order valence-electron chi connectivity index (χ0n) is 9.05. The molecule has 0 bridgehead atoms. The molecule has 0 amide bonds. The van der Waals surface area contributed by atoms with E-state index in [0.29, 0.717) is 0 Å². The van der Waals surface area contributed by atoms with Crippen molar-refractivity contribution in [1.29, 1.82) is 0 Å². The fourth-order valence-electron chi connectivity index (χ4n) is 1.47. The molecule has 0 aliphatic carbocycles. The van der Waals surface area contributed by atoms with Crippen molar-refractivity contribution in [2.24, 2.45) is 0 Å². The number of rotatable bonds is 6. The molecule has 0 aliphatic rings. The number of aryl methyl sites for hydroxylation is 1. The third-order valence-corrected chi connectivity index (χ3v) is 2.30. The van der Waals surface area contributed by atoms with Crippen molar-refractivity contribution >= 4 is 0 Å². The summed E-state index contributed by atoms with van der Waals surface area (Å²) in [5.74, 6) is 0. The minimum absolute atomic E-state index is 0.772. The van der Waals surface area contributed by atoms with Gasteiger partial charge in [0.15, 0.2) is 0 Å². The van der Waals surface area contributed by atoms with Gasteiger partial charge in [-0.25, -0.2) is 0 Å². The lowest BCUT2D eigenvalue weighted by atomic mass is 10.1. The Morgan fingerprint density at radius 3 is 2.57 bits per heavy atom. The normalized spacial score (nSPS) is 10.4. The summed E-state index contributed by atoms with van der Waals surface area (Å²) in [7, 11) is 1.72. The number of nitrogens with one attached hydrogen (secondary N) is 1. The standard InChI is InChI=1S/C12H19NO/c1-3-11-6-4-5-7-12(11)10-13-8-9-14-2/h4-7,13H,3,8-10H2,1-2H3. The molecule has 0 radical (unpaired) electrons. The third-order valence-electron chi connectivity index (χ3n) is 2.30. The Morgan fingerprint density at radius 1 is 1.21 bits per heavy atom. The number of hydrogen-bond acceptors (Lipinski definition) is 2. The Hall–Kier alpha value is -0.860. The highest BCUT2D eigenvalue weighted by atomic mass is 16.5. The van der Waals surface area contributed by atoms with Gasteiger partial charge >= 0.3 is 0 Å². The first-order chi connectivity index (χ1) is 6.88. The van der Waals surface area contributed by atoms with Crippen molar-refractivity contribution in [3.63, 3.8) is 0 Å². The van der Waals surface area contributed by atoms with Gasteiger partial charge in [0.2, 0.25) is 0 Å². The lowest BCUT2D eigenvalue weighted by Gasteiger charge is -2.08. The highest BCUT2D eigenvalue weighted by Gasteiger charge is 1.97. The van der Waals surface area contributed by atoms with Gasteiger partial charge in [-0.1, -0.05) is 31.2 Å². The minimum atomic E-state index is 0.772. The van der Waals surface area contributed by atoms with E-state index in [9.17, 15) is 0 Å². The summed E-state index contributed by atoms with van der Waals surface area (Å²) in [5, 5.41) is 3.35. The van der Waals surface area contributed by atoms with Gasteiger partial charge in [0.1, 0.15) is 0 Å². The molecular weight excluding hydrogens is 174 g/mol. The molecular formula is C12H19NO.